The Hall–Kier alpha value is -0.730. The molecule has 0 N–H and O–H groups in total. The molecule has 2 aliphatic rings. The largest absolute Gasteiger partial charge is 1.00 e. The fourth-order valence-corrected chi connectivity index (χ4v) is 2.99. The molecule has 3 rings (SSSR count). The molecule has 0 atom stereocenters. The Morgan fingerprint density at radius 2 is 1.28 bits per heavy atom. The summed E-state index contributed by atoms with van der Waals surface area (Å²) >= 11 is 0. The van der Waals surface area contributed by atoms with Gasteiger partial charge < -0.3 is 17.1 Å². The van der Waals surface area contributed by atoms with Crippen LogP contribution in [-0.2, 0) is 37.5 Å². The maximum Gasteiger partial charge on any atom is 0.0717 e. The Labute approximate surface area is 205 Å². The van der Waals surface area contributed by atoms with E-state index in [-0.39, 0.29) is 38.6 Å². The van der Waals surface area contributed by atoms with Gasteiger partial charge in [0.15, 0.2) is 0 Å². The molecule has 2 aliphatic carbocycles. The van der Waals surface area contributed by atoms with Crippen molar-refractivity contribution in [1.82, 2.24) is 0 Å². The third kappa shape index (κ3) is 21.8. The molecule has 0 amide bonds. The van der Waals surface area contributed by atoms with Gasteiger partial charge >= 0.3 is 0 Å². The SMILES string of the molecule is C[Si](C)(C)C/C=C/CCOCc1ccccc1.[CH]1C=CC=C1.[CH]1C=CC=C1.[Cl-].[Zr]. The number of rotatable bonds is 7. The van der Waals surface area contributed by atoms with Gasteiger partial charge in [-0.2, -0.15) is 0 Å². The van der Waals surface area contributed by atoms with E-state index in [1.54, 1.807) is 0 Å². The van der Waals surface area contributed by atoms with Crippen molar-refractivity contribution in [2.24, 2.45) is 0 Å². The summed E-state index contributed by atoms with van der Waals surface area (Å²) in [7, 11) is -0.906. The van der Waals surface area contributed by atoms with E-state index in [4.69, 9.17) is 4.74 Å². The van der Waals surface area contributed by atoms with E-state index in [0.29, 0.717) is 0 Å². The predicted molar refractivity (Wildman–Crippen MR) is 123 cm³/mol. The first-order chi connectivity index (χ1) is 13.1. The van der Waals surface area contributed by atoms with Gasteiger partial charge in [-0.05, 0) is 18.0 Å². The number of benzene rings is 1. The van der Waals surface area contributed by atoms with Gasteiger partial charge in [0.05, 0.1) is 13.2 Å². The third-order valence-corrected chi connectivity index (χ3v) is 5.01. The third-order valence-electron chi connectivity index (χ3n) is 3.55. The van der Waals surface area contributed by atoms with Crippen LogP contribution >= 0.6 is 0 Å². The van der Waals surface area contributed by atoms with Gasteiger partial charge in [-0.15, -0.1) is 0 Å². The quantitative estimate of drug-likeness (QED) is 0.308. The molecule has 4 heteroatoms. The fourth-order valence-electron chi connectivity index (χ4n) is 2.11. The fraction of sp³-hybridized carbons (Fsp3) is 0.280. The minimum Gasteiger partial charge on any atom is -1.00 e. The Morgan fingerprint density at radius 3 is 1.69 bits per heavy atom. The zero-order chi connectivity index (χ0) is 19.6. The van der Waals surface area contributed by atoms with Gasteiger partial charge in [0.25, 0.3) is 0 Å². The topological polar surface area (TPSA) is 9.23 Å². The minimum atomic E-state index is -0.906. The number of ether oxygens (including phenoxy) is 1. The Morgan fingerprint density at radius 1 is 0.759 bits per heavy atom. The predicted octanol–water partition coefficient (Wildman–Crippen LogP) is 4.12. The van der Waals surface area contributed by atoms with Gasteiger partial charge in [-0.25, -0.2) is 0 Å². The van der Waals surface area contributed by atoms with Crippen molar-refractivity contribution < 1.29 is 43.3 Å². The second kappa shape index (κ2) is 20.5. The molecule has 0 saturated heterocycles. The molecular formula is C25H34ClOSiZr-. The van der Waals surface area contributed by atoms with Crippen LogP contribution in [0.1, 0.15) is 12.0 Å². The zero-order valence-electron chi connectivity index (χ0n) is 17.9. The van der Waals surface area contributed by atoms with Crippen molar-refractivity contribution in [3.63, 3.8) is 0 Å². The molecule has 0 saturated carbocycles. The van der Waals surface area contributed by atoms with E-state index < -0.39 is 8.07 Å². The maximum absolute atomic E-state index is 5.61. The van der Waals surface area contributed by atoms with Gasteiger partial charge in [0.2, 0.25) is 0 Å². The number of allylic oxidation sites excluding steroid dienone is 9. The second-order valence-corrected chi connectivity index (χ2v) is 13.0. The van der Waals surface area contributed by atoms with E-state index in [1.165, 1.54) is 11.6 Å². The van der Waals surface area contributed by atoms with E-state index >= 15 is 0 Å². The van der Waals surface area contributed by atoms with Gasteiger partial charge in [0, 0.05) is 47.1 Å². The monoisotopic (exact) mass is 503 g/mol. The normalized spacial score (nSPS) is 13.2. The van der Waals surface area contributed by atoms with Crippen LogP contribution in [0.4, 0.5) is 0 Å². The molecule has 0 aromatic heterocycles. The summed E-state index contributed by atoms with van der Waals surface area (Å²) in [6.07, 6.45) is 25.6. The number of hydrogen-bond acceptors (Lipinski definition) is 1. The molecule has 0 aliphatic heterocycles. The Balaban J connectivity index is 0. The van der Waals surface area contributed by atoms with Crippen molar-refractivity contribution in [3.05, 3.63) is 109 Å². The molecule has 0 bridgehead atoms. The van der Waals surface area contributed by atoms with E-state index in [2.05, 4.69) is 43.9 Å². The summed E-state index contributed by atoms with van der Waals surface area (Å²) < 4.78 is 5.61. The molecule has 1 aromatic rings. The molecule has 156 valence electrons. The molecule has 0 unspecified atom stereocenters. The summed E-state index contributed by atoms with van der Waals surface area (Å²) in [4.78, 5) is 0. The molecule has 0 fully saturated rings. The van der Waals surface area contributed by atoms with E-state index in [9.17, 15) is 0 Å². The first-order valence-electron chi connectivity index (χ1n) is 9.68. The van der Waals surface area contributed by atoms with Crippen molar-refractivity contribution in [3.8, 4) is 0 Å². The first-order valence-corrected chi connectivity index (χ1v) is 13.4. The average Bonchev–Trinajstić information content (AvgIpc) is 3.39. The maximum atomic E-state index is 5.61. The summed E-state index contributed by atoms with van der Waals surface area (Å²) in [6.45, 7) is 8.72. The van der Waals surface area contributed by atoms with Crippen molar-refractivity contribution in [2.75, 3.05) is 6.61 Å². The van der Waals surface area contributed by atoms with Crippen LogP contribution in [0.5, 0.6) is 0 Å². The summed E-state index contributed by atoms with van der Waals surface area (Å²) in [5.74, 6) is 0. The average molecular weight is 505 g/mol. The van der Waals surface area contributed by atoms with Crippen molar-refractivity contribution in [2.45, 2.75) is 38.7 Å². The van der Waals surface area contributed by atoms with Crippen molar-refractivity contribution in [1.29, 1.82) is 0 Å². The van der Waals surface area contributed by atoms with Crippen LogP contribution in [0, 0.1) is 12.8 Å². The standard InChI is InChI=1S/C15H24OSi.2C5H5.ClH.Zr/c1-17(2,3)13-9-5-8-12-16-14-15-10-6-4-7-11-15;2*1-2-4-5-3-1;;/h4-7,9-11H,8,12-14H2,1-3H3;2*1-5H;1H;/p-1/b9-5+;;;;. The van der Waals surface area contributed by atoms with Gasteiger partial charge in [0.1, 0.15) is 0 Å². The summed E-state index contributed by atoms with van der Waals surface area (Å²) in [5.41, 5.74) is 1.25. The van der Waals surface area contributed by atoms with Crippen LogP contribution in [0.15, 0.2) is 91.1 Å². The number of hydrogen-bond donors (Lipinski definition) is 0. The minimum absolute atomic E-state index is 0. The first kappa shape index (κ1) is 30.5. The summed E-state index contributed by atoms with van der Waals surface area (Å²) in [5, 5.41) is 0. The van der Waals surface area contributed by atoms with E-state index in [0.717, 1.165) is 19.6 Å². The van der Waals surface area contributed by atoms with Gasteiger partial charge in [-0.1, -0.05) is 111 Å². The molecule has 29 heavy (non-hydrogen) atoms. The van der Waals surface area contributed by atoms with Crippen LogP contribution in [0.3, 0.4) is 0 Å². The van der Waals surface area contributed by atoms with Crippen LogP contribution in [-0.4, -0.2) is 14.7 Å². The van der Waals surface area contributed by atoms with Crippen molar-refractivity contribution >= 4 is 8.07 Å². The molecule has 0 heterocycles. The van der Waals surface area contributed by atoms with Crippen LogP contribution < -0.4 is 12.4 Å². The molecule has 1 nitrogen and oxygen atoms in total. The van der Waals surface area contributed by atoms with Crippen LogP contribution in [0.25, 0.3) is 0 Å². The Kier molecular flexibility index (Phi) is 21.6. The smallest absolute Gasteiger partial charge is 0.0717 e. The Bertz CT molecular complexity index is 586. The second-order valence-electron chi connectivity index (χ2n) is 7.49. The molecule has 0 spiro atoms. The summed E-state index contributed by atoms with van der Waals surface area (Å²) in [6, 6.07) is 11.6. The zero-order valence-corrected chi connectivity index (χ0v) is 22.1. The molecular weight excluding hydrogens is 471 g/mol. The molecule has 2 radical (unpaired) electrons. The van der Waals surface area contributed by atoms with Gasteiger partial charge in [-0.3, -0.25) is 0 Å². The number of halogens is 1. The van der Waals surface area contributed by atoms with E-state index in [1.807, 2.05) is 79.6 Å². The van der Waals surface area contributed by atoms with Crippen LogP contribution in [0.2, 0.25) is 25.7 Å². The molecule has 1 aromatic carbocycles.